The number of hydrogen-bond donors (Lipinski definition) is 1. The van der Waals surface area contributed by atoms with Crippen molar-refractivity contribution in [1.82, 2.24) is 25.4 Å². The van der Waals surface area contributed by atoms with Gasteiger partial charge < -0.3 is 0 Å². The number of benzene rings is 1. The summed E-state index contributed by atoms with van der Waals surface area (Å²) in [5.41, 5.74) is 4.12. The normalized spacial score (nSPS) is 20.1. The molecule has 3 aromatic rings. The summed E-state index contributed by atoms with van der Waals surface area (Å²) in [7, 11) is 0. The van der Waals surface area contributed by atoms with Gasteiger partial charge in [-0.3, -0.25) is 10.00 Å². The molecule has 2 aromatic heterocycles. The molecule has 0 spiro atoms. The maximum atomic E-state index is 4.84. The summed E-state index contributed by atoms with van der Waals surface area (Å²) in [5, 5.41) is 15.1. The van der Waals surface area contributed by atoms with Crippen LogP contribution in [-0.4, -0.2) is 38.5 Å². The molecule has 6 nitrogen and oxygen atoms in total. The molecule has 21 heavy (non-hydrogen) atoms. The van der Waals surface area contributed by atoms with Gasteiger partial charge in [-0.15, -0.1) is 0 Å². The predicted octanol–water partition coefficient (Wildman–Crippen LogP) is 2.33. The van der Waals surface area contributed by atoms with Crippen LogP contribution in [0.15, 0.2) is 35.1 Å². The van der Waals surface area contributed by atoms with Crippen molar-refractivity contribution in [2.24, 2.45) is 0 Å². The zero-order valence-electron chi connectivity index (χ0n) is 11.7. The van der Waals surface area contributed by atoms with Gasteiger partial charge in [0.2, 0.25) is 0 Å². The van der Waals surface area contributed by atoms with Crippen LogP contribution in [0.3, 0.4) is 0 Å². The van der Waals surface area contributed by atoms with Crippen molar-refractivity contribution in [3.63, 3.8) is 0 Å². The summed E-state index contributed by atoms with van der Waals surface area (Å²) in [4.78, 5) is 2.47. The fourth-order valence-corrected chi connectivity index (χ4v) is 3.18. The van der Waals surface area contributed by atoms with E-state index in [2.05, 4.69) is 37.5 Å². The first-order valence-corrected chi connectivity index (χ1v) is 7.32. The number of nitrogens with zero attached hydrogens (tertiary/aromatic N) is 4. The Balaban J connectivity index is 1.53. The van der Waals surface area contributed by atoms with E-state index in [0.29, 0.717) is 5.92 Å². The summed E-state index contributed by atoms with van der Waals surface area (Å²) in [6.45, 7) is 3.05. The zero-order valence-corrected chi connectivity index (χ0v) is 11.7. The third-order valence-electron chi connectivity index (χ3n) is 4.23. The van der Waals surface area contributed by atoms with Crippen LogP contribution in [0.25, 0.3) is 11.0 Å². The quantitative estimate of drug-likeness (QED) is 0.798. The van der Waals surface area contributed by atoms with Crippen molar-refractivity contribution in [1.29, 1.82) is 0 Å². The topological polar surface area (TPSA) is 70.8 Å². The van der Waals surface area contributed by atoms with Gasteiger partial charge in [-0.2, -0.15) is 5.10 Å². The van der Waals surface area contributed by atoms with Gasteiger partial charge in [0.25, 0.3) is 0 Å². The molecule has 4 rings (SSSR count). The molecule has 1 aliphatic heterocycles. The third kappa shape index (κ3) is 2.42. The lowest BCUT2D eigenvalue weighted by Crippen LogP contribution is -2.34. The lowest BCUT2D eigenvalue weighted by Gasteiger charge is -2.32. The van der Waals surface area contributed by atoms with E-state index in [-0.39, 0.29) is 0 Å². The SMILES string of the molecule is c1cc(CN2CCC[C@H](c3ccn[nH]3)C2)c2nonc2c1. The Labute approximate surface area is 122 Å². The molecule has 0 aliphatic carbocycles. The number of aromatic nitrogens is 4. The fraction of sp³-hybridized carbons (Fsp3) is 0.400. The molecule has 1 aliphatic rings. The lowest BCUT2D eigenvalue weighted by molar-refractivity contribution is 0.199. The summed E-state index contributed by atoms with van der Waals surface area (Å²) in [5.74, 6) is 0.538. The Hall–Kier alpha value is -2.21. The van der Waals surface area contributed by atoms with E-state index < -0.39 is 0 Å². The molecule has 3 heterocycles. The van der Waals surface area contributed by atoms with Crippen LogP contribution in [0.4, 0.5) is 0 Å². The number of piperidine rings is 1. The molecule has 1 N–H and O–H groups in total. The molecule has 1 fully saturated rings. The number of aromatic amines is 1. The highest BCUT2D eigenvalue weighted by molar-refractivity contribution is 5.76. The molecule has 0 bridgehead atoms. The Morgan fingerprint density at radius 2 is 2.29 bits per heavy atom. The second kappa shape index (κ2) is 5.29. The number of nitrogens with one attached hydrogen (secondary N) is 1. The fourth-order valence-electron chi connectivity index (χ4n) is 3.18. The van der Waals surface area contributed by atoms with E-state index in [1.807, 2.05) is 18.3 Å². The highest BCUT2D eigenvalue weighted by Crippen LogP contribution is 2.27. The second-order valence-corrected chi connectivity index (χ2v) is 5.64. The molecule has 108 valence electrons. The van der Waals surface area contributed by atoms with Crippen LogP contribution < -0.4 is 0 Å². The minimum Gasteiger partial charge on any atom is -0.298 e. The van der Waals surface area contributed by atoms with Gasteiger partial charge in [0.1, 0.15) is 11.0 Å². The predicted molar refractivity (Wildman–Crippen MR) is 77.6 cm³/mol. The smallest absolute Gasteiger partial charge is 0.139 e. The average Bonchev–Trinajstić information content (AvgIpc) is 3.20. The molecule has 1 saturated heterocycles. The van der Waals surface area contributed by atoms with Gasteiger partial charge in [-0.05, 0) is 47.4 Å². The Kier molecular flexibility index (Phi) is 3.16. The van der Waals surface area contributed by atoms with Gasteiger partial charge in [0, 0.05) is 30.9 Å². The summed E-state index contributed by atoms with van der Waals surface area (Å²) >= 11 is 0. The minimum absolute atomic E-state index is 0.538. The van der Waals surface area contributed by atoms with E-state index in [1.54, 1.807) is 0 Å². The van der Waals surface area contributed by atoms with Crippen LogP contribution in [0, 0.1) is 0 Å². The van der Waals surface area contributed by atoms with Crippen LogP contribution in [0.1, 0.15) is 30.0 Å². The molecule has 0 unspecified atom stereocenters. The van der Waals surface area contributed by atoms with Crippen molar-refractivity contribution in [2.75, 3.05) is 13.1 Å². The van der Waals surface area contributed by atoms with Gasteiger partial charge >= 0.3 is 0 Å². The van der Waals surface area contributed by atoms with Crippen LogP contribution in [0.2, 0.25) is 0 Å². The molecular formula is C15H17N5O. The number of rotatable bonds is 3. The van der Waals surface area contributed by atoms with Crippen LogP contribution in [0.5, 0.6) is 0 Å². The molecule has 1 aromatic carbocycles. The van der Waals surface area contributed by atoms with E-state index in [1.165, 1.54) is 24.1 Å². The van der Waals surface area contributed by atoms with E-state index in [9.17, 15) is 0 Å². The molecule has 6 heteroatoms. The number of likely N-dealkylation sites (tertiary alicyclic amines) is 1. The standard InChI is InChI=1S/C15H17N5O/c1-3-12(15-14(5-1)18-21-19-15)10-20-8-2-4-11(9-20)13-6-7-16-17-13/h1,3,5-7,11H,2,4,8-10H2,(H,16,17)/t11-/m0/s1. The van der Waals surface area contributed by atoms with Crippen molar-refractivity contribution in [2.45, 2.75) is 25.3 Å². The van der Waals surface area contributed by atoms with Crippen molar-refractivity contribution < 1.29 is 4.63 Å². The van der Waals surface area contributed by atoms with Crippen LogP contribution in [-0.2, 0) is 6.54 Å². The van der Waals surface area contributed by atoms with Crippen molar-refractivity contribution in [3.05, 3.63) is 41.7 Å². The molecule has 0 radical (unpaired) electrons. The molecular weight excluding hydrogens is 266 g/mol. The highest BCUT2D eigenvalue weighted by atomic mass is 16.6. The van der Waals surface area contributed by atoms with E-state index >= 15 is 0 Å². The summed E-state index contributed by atoms with van der Waals surface area (Å²) in [6, 6.07) is 8.12. The third-order valence-corrected chi connectivity index (χ3v) is 4.23. The Morgan fingerprint density at radius 3 is 3.19 bits per heavy atom. The Bertz CT molecular complexity index is 721. The molecule has 0 amide bonds. The first-order chi connectivity index (χ1) is 10.4. The van der Waals surface area contributed by atoms with Gasteiger partial charge in [0.15, 0.2) is 0 Å². The monoisotopic (exact) mass is 283 g/mol. The number of fused-ring (bicyclic) bond motifs is 1. The Morgan fingerprint density at radius 1 is 1.29 bits per heavy atom. The van der Waals surface area contributed by atoms with Crippen LogP contribution >= 0.6 is 0 Å². The maximum Gasteiger partial charge on any atom is 0.139 e. The van der Waals surface area contributed by atoms with Crippen molar-refractivity contribution >= 4 is 11.0 Å². The van der Waals surface area contributed by atoms with Crippen molar-refractivity contribution in [3.8, 4) is 0 Å². The molecule has 1 atom stereocenters. The van der Waals surface area contributed by atoms with E-state index in [0.717, 1.165) is 30.7 Å². The highest BCUT2D eigenvalue weighted by Gasteiger charge is 2.23. The minimum atomic E-state index is 0.538. The molecule has 0 saturated carbocycles. The number of H-pyrrole nitrogens is 1. The average molecular weight is 283 g/mol. The second-order valence-electron chi connectivity index (χ2n) is 5.64. The maximum absolute atomic E-state index is 4.84. The van der Waals surface area contributed by atoms with Gasteiger partial charge in [0.05, 0.1) is 0 Å². The first-order valence-electron chi connectivity index (χ1n) is 7.32. The zero-order chi connectivity index (χ0) is 14.1. The number of hydrogen-bond acceptors (Lipinski definition) is 5. The summed E-state index contributed by atoms with van der Waals surface area (Å²) in [6.07, 6.45) is 4.25. The largest absolute Gasteiger partial charge is 0.298 e. The van der Waals surface area contributed by atoms with Gasteiger partial charge in [-0.25, -0.2) is 4.63 Å². The van der Waals surface area contributed by atoms with Gasteiger partial charge in [-0.1, -0.05) is 12.1 Å². The lowest BCUT2D eigenvalue weighted by atomic mass is 9.94. The first kappa shape index (κ1) is 12.5. The van der Waals surface area contributed by atoms with E-state index in [4.69, 9.17) is 4.63 Å². The summed E-state index contributed by atoms with van der Waals surface area (Å²) < 4.78 is 4.84.